The number of nitrogens with zero attached hydrogens (tertiary/aromatic N) is 2. The Hall–Kier alpha value is -1.40. The van der Waals surface area contributed by atoms with Crippen LogP contribution < -0.4 is 5.32 Å². The Balaban J connectivity index is 1.80. The molecule has 0 aliphatic carbocycles. The first-order valence-electron chi connectivity index (χ1n) is 6.38. The molecular formula is C13H19N3O2S. The number of nitrogens with one attached hydrogen (secondary N) is 1. The number of ether oxygens (including phenoxy) is 1. The maximum Gasteiger partial charge on any atom is 0.220 e. The third kappa shape index (κ3) is 3.78. The van der Waals surface area contributed by atoms with Crippen LogP contribution in [0.4, 0.5) is 0 Å². The Morgan fingerprint density at radius 1 is 1.58 bits per heavy atom. The lowest BCUT2D eigenvalue weighted by Crippen LogP contribution is -2.25. The van der Waals surface area contributed by atoms with Crippen LogP contribution in [0.15, 0.2) is 11.6 Å². The van der Waals surface area contributed by atoms with Gasteiger partial charge in [0.2, 0.25) is 5.91 Å². The lowest BCUT2D eigenvalue weighted by Gasteiger charge is -2.04. The standard InChI is InChI=1S/C13H19N3O2S/c1-10-8-16-11(9-19-13(16)15-10)4-5-12(17)14-6-3-7-18-2/h8-9H,3-7H2,1-2H3,(H,14,17). The number of methoxy groups -OCH3 is 1. The molecule has 2 aromatic rings. The van der Waals surface area contributed by atoms with Crippen molar-refractivity contribution in [3.63, 3.8) is 0 Å². The Morgan fingerprint density at radius 2 is 2.42 bits per heavy atom. The van der Waals surface area contributed by atoms with Gasteiger partial charge in [0, 0.05) is 44.0 Å². The van der Waals surface area contributed by atoms with Gasteiger partial charge in [-0.15, -0.1) is 11.3 Å². The van der Waals surface area contributed by atoms with E-state index in [1.165, 1.54) is 0 Å². The molecule has 19 heavy (non-hydrogen) atoms. The monoisotopic (exact) mass is 281 g/mol. The molecule has 0 saturated heterocycles. The van der Waals surface area contributed by atoms with Gasteiger partial charge in [0.25, 0.3) is 0 Å². The smallest absolute Gasteiger partial charge is 0.220 e. The highest BCUT2D eigenvalue weighted by Crippen LogP contribution is 2.17. The van der Waals surface area contributed by atoms with E-state index in [4.69, 9.17) is 4.74 Å². The lowest BCUT2D eigenvalue weighted by molar-refractivity contribution is -0.121. The van der Waals surface area contributed by atoms with Gasteiger partial charge in [0.05, 0.1) is 5.69 Å². The summed E-state index contributed by atoms with van der Waals surface area (Å²) in [5.74, 6) is 0.0901. The van der Waals surface area contributed by atoms with Gasteiger partial charge < -0.3 is 10.1 Å². The number of aromatic nitrogens is 2. The van der Waals surface area contributed by atoms with Gasteiger partial charge in [-0.05, 0) is 19.8 Å². The van der Waals surface area contributed by atoms with E-state index < -0.39 is 0 Å². The number of fused-ring (bicyclic) bond motifs is 1. The SMILES string of the molecule is COCCCNC(=O)CCc1csc2nc(C)cn12. The Labute approximate surface area is 116 Å². The first-order valence-corrected chi connectivity index (χ1v) is 7.26. The molecule has 0 unspecified atom stereocenters. The summed E-state index contributed by atoms with van der Waals surface area (Å²) in [6.07, 6.45) is 4.12. The molecule has 1 amide bonds. The van der Waals surface area contributed by atoms with Crippen LogP contribution in [0, 0.1) is 6.92 Å². The van der Waals surface area contributed by atoms with Crippen molar-refractivity contribution in [1.29, 1.82) is 0 Å². The van der Waals surface area contributed by atoms with E-state index in [1.807, 2.05) is 13.1 Å². The first kappa shape index (κ1) is 14.0. The largest absolute Gasteiger partial charge is 0.385 e. The second-order valence-corrected chi connectivity index (χ2v) is 5.29. The number of imidazole rings is 1. The number of thiazole rings is 1. The Morgan fingerprint density at radius 3 is 3.21 bits per heavy atom. The quantitative estimate of drug-likeness (QED) is 0.787. The van der Waals surface area contributed by atoms with Gasteiger partial charge in [0.1, 0.15) is 0 Å². The van der Waals surface area contributed by atoms with Crippen molar-refractivity contribution in [3.8, 4) is 0 Å². The van der Waals surface area contributed by atoms with E-state index in [9.17, 15) is 4.79 Å². The van der Waals surface area contributed by atoms with Crippen molar-refractivity contribution >= 4 is 22.2 Å². The molecule has 0 aromatic carbocycles. The lowest BCUT2D eigenvalue weighted by atomic mass is 10.2. The van der Waals surface area contributed by atoms with Crippen LogP contribution in [0.3, 0.4) is 0 Å². The van der Waals surface area contributed by atoms with Gasteiger partial charge in [-0.25, -0.2) is 4.98 Å². The second kappa shape index (κ2) is 6.68. The fraction of sp³-hybridized carbons (Fsp3) is 0.538. The molecule has 2 rings (SSSR count). The van der Waals surface area contributed by atoms with Crippen LogP contribution in [0.5, 0.6) is 0 Å². The molecule has 1 N–H and O–H groups in total. The minimum atomic E-state index is 0.0901. The summed E-state index contributed by atoms with van der Waals surface area (Å²) in [4.78, 5) is 17.1. The van der Waals surface area contributed by atoms with Crippen molar-refractivity contribution in [2.45, 2.75) is 26.2 Å². The van der Waals surface area contributed by atoms with Crippen molar-refractivity contribution < 1.29 is 9.53 Å². The van der Waals surface area contributed by atoms with Gasteiger partial charge in [0.15, 0.2) is 4.96 Å². The summed E-state index contributed by atoms with van der Waals surface area (Å²) in [6, 6.07) is 0. The third-order valence-corrected chi connectivity index (χ3v) is 3.75. The molecule has 0 saturated carbocycles. The Kier molecular flexibility index (Phi) is 4.93. The fourth-order valence-electron chi connectivity index (χ4n) is 1.90. The Bertz CT molecular complexity index is 547. The fourth-order valence-corrected chi connectivity index (χ4v) is 2.85. The highest BCUT2D eigenvalue weighted by Gasteiger charge is 2.08. The molecule has 104 valence electrons. The van der Waals surface area contributed by atoms with Crippen LogP contribution in [-0.2, 0) is 16.0 Å². The topological polar surface area (TPSA) is 55.6 Å². The van der Waals surface area contributed by atoms with E-state index in [-0.39, 0.29) is 5.91 Å². The normalized spacial score (nSPS) is 11.1. The summed E-state index contributed by atoms with van der Waals surface area (Å²) in [7, 11) is 1.66. The van der Waals surface area contributed by atoms with Gasteiger partial charge in [-0.1, -0.05) is 0 Å². The molecule has 0 fully saturated rings. The number of rotatable bonds is 7. The summed E-state index contributed by atoms with van der Waals surface area (Å²) in [5, 5.41) is 4.96. The number of hydrogen-bond donors (Lipinski definition) is 1. The van der Waals surface area contributed by atoms with E-state index in [1.54, 1.807) is 18.4 Å². The summed E-state index contributed by atoms with van der Waals surface area (Å²) >= 11 is 1.61. The molecule has 5 nitrogen and oxygen atoms in total. The number of amides is 1. The minimum absolute atomic E-state index is 0.0901. The van der Waals surface area contributed by atoms with E-state index in [0.717, 1.165) is 29.2 Å². The maximum atomic E-state index is 11.7. The molecule has 0 spiro atoms. The summed E-state index contributed by atoms with van der Waals surface area (Å²) < 4.78 is 7.00. The van der Waals surface area contributed by atoms with Crippen molar-refractivity contribution in [1.82, 2.24) is 14.7 Å². The van der Waals surface area contributed by atoms with Crippen LogP contribution in [0.2, 0.25) is 0 Å². The first-order chi connectivity index (χ1) is 9.20. The van der Waals surface area contributed by atoms with Crippen LogP contribution >= 0.6 is 11.3 Å². The van der Waals surface area contributed by atoms with Crippen LogP contribution in [-0.4, -0.2) is 35.6 Å². The molecule has 2 aromatic heterocycles. The van der Waals surface area contributed by atoms with Gasteiger partial charge in [-0.3, -0.25) is 9.20 Å². The predicted octanol–water partition coefficient (Wildman–Crippen LogP) is 1.79. The molecule has 2 heterocycles. The zero-order valence-corrected chi connectivity index (χ0v) is 12.1. The second-order valence-electron chi connectivity index (χ2n) is 4.46. The molecule has 0 atom stereocenters. The highest BCUT2D eigenvalue weighted by molar-refractivity contribution is 7.15. The van der Waals surface area contributed by atoms with E-state index in [0.29, 0.717) is 19.6 Å². The third-order valence-electron chi connectivity index (χ3n) is 2.86. The molecule has 0 aliphatic heterocycles. The van der Waals surface area contributed by atoms with Gasteiger partial charge in [-0.2, -0.15) is 0 Å². The summed E-state index contributed by atoms with van der Waals surface area (Å²) in [5.41, 5.74) is 2.16. The molecule has 6 heteroatoms. The maximum absolute atomic E-state index is 11.7. The molecule has 0 bridgehead atoms. The van der Waals surface area contributed by atoms with Crippen LogP contribution in [0.25, 0.3) is 4.96 Å². The molecule has 0 aliphatic rings. The number of aryl methyl sites for hydroxylation is 2. The van der Waals surface area contributed by atoms with Gasteiger partial charge >= 0.3 is 0 Å². The van der Waals surface area contributed by atoms with E-state index in [2.05, 4.69) is 20.1 Å². The number of carbonyl (C=O) groups excluding carboxylic acids is 1. The number of hydrogen-bond acceptors (Lipinski definition) is 4. The van der Waals surface area contributed by atoms with Crippen LogP contribution in [0.1, 0.15) is 24.2 Å². The summed E-state index contributed by atoms with van der Waals surface area (Å²) in [6.45, 7) is 3.33. The minimum Gasteiger partial charge on any atom is -0.385 e. The average Bonchev–Trinajstić information content (AvgIpc) is 2.91. The van der Waals surface area contributed by atoms with Crippen molar-refractivity contribution in [2.24, 2.45) is 0 Å². The average molecular weight is 281 g/mol. The zero-order valence-electron chi connectivity index (χ0n) is 11.3. The van der Waals surface area contributed by atoms with Crippen molar-refractivity contribution in [2.75, 3.05) is 20.3 Å². The molecular weight excluding hydrogens is 262 g/mol. The van der Waals surface area contributed by atoms with E-state index >= 15 is 0 Å². The zero-order chi connectivity index (χ0) is 13.7. The number of carbonyl (C=O) groups is 1. The predicted molar refractivity (Wildman–Crippen MR) is 75.6 cm³/mol. The molecule has 0 radical (unpaired) electrons. The van der Waals surface area contributed by atoms with Crippen molar-refractivity contribution in [3.05, 3.63) is 23.0 Å². The highest BCUT2D eigenvalue weighted by atomic mass is 32.1.